The average Bonchev–Trinajstić information content (AvgIpc) is 2.16. The summed E-state index contributed by atoms with van der Waals surface area (Å²) in [5.41, 5.74) is 2.83. The van der Waals surface area contributed by atoms with Gasteiger partial charge in [-0.25, -0.2) is 4.79 Å². The van der Waals surface area contributed by atoms with Crippen LogP contribution in [0.2, 0.25) is 0 Å². The van der Waals surface area contributed by atoms with Crippen molar-refractivity contribution in [2.45, 2.75) is 13.3 Å². The topological polar surface area (TPSA) is 55.4 Å². The number of carbonyl (C=O) groups excluding carboxylic acids is 2. The van der Waals surface area contributed by atoms with Crippen molar-refractivity contribution in [1.82, 2.24) is 5.48 Å². The molecule has 0 fully saturated rings. The predicted molar refractivity (Wildman–Crippen MR) is 50.1 cm³/mol. The first-order chi connectivity index (χ1) is 6.68. The Labute approximate surface area is 81.8 Å². The summed E-state index contributed by atoms with van der Waals surface area (Å²) in [5.74, 6) is -0.877. The molecule has 0 spiro atoms. The molecule has 0 heterocycles. The van der Waals surface area contributed by atoms with E-state index in [1.807, 2.05) is 35.8 Å². The van der Waals surface area contributed by atoms with Crippen LogP contribution in [0.5, 0.6) is 0 Å². The summed E-state index contributed by atoms with van der Waals surface area (Å²) in [7, 11) is 0. The lowest BCUT2D eigenvalue weighted by Gasteiger charge is -2.02. The molecule has 4 nitrogen and oxygen atoms in total. The number of hydrogen-bond donors (Lipinski definition) is 1. The normalized spacial score (nSPS) is 9.21. The second-order valence-corrected chi connectivity index (χ2v) is 2.79. The van der Waals surface area contributed by atoms with Crippen LogP contribution < -0.4 is 5.48 Å². The van der Waals surface area contributed by atoms with E-state index in [9.17, 15) is 9.59 Å². The van der Waals surface area contributed by atoms with Crippen LogP contribution >= 0.6 is 0 Å². The predicted octanol–water partition coefficient (Wildman–Crippen LogP) is 0.823. The van der Waals surface area contributed by atoms with Crippen molar-refractivity contribution in [2.75, 3.05) is 0 Å². The fourth-order valence-electron chi connectivity index (χ4n) is 0.927. The van der Waals surface area contributed by atoms with Crippen LogP contribution in [-0.4, -0.2) is 11.9 Å². The highest BCUT2D eigenvalue weighted by atomic mass is 16.7. The largest absolute Gasteiger partial charge is 0.340 e. The van der Waals surface area contributed by atoms with E-state index in [1.165, 1.54) is 6.92 Å². The zero-order chi connectivity index (χ0) is 10.4. The lowest BCUT2D eigenvalue weighted by molar-refractivity contribution is -0.156. The van der Waals surface area contributed by atoms with Crippen molar-refractivity contribution in [3.8, 4) is 0 Å². The Morgan fingerprint density at radius 3 is 2.50 bits per heavy atom. The SMILES string of the molecule is CC(=O)NOC(=O)Cc1ccccc1. The van der Waals surface area contributed by atoms with E-state index in [0.29, 0.717) is 0 Å². The molecule has 0 atom stereocenters. The van der Waals surface area contributed by atoms with Gasteiger partial charge in [0.15, 0.2) is 0 Å². The third-order valence-corrected chi connectivity index (χ3v) is 1.50. The highest BCUT2D eigenvalue weighted by Gasteiger charge is 2.04. The van der Waals surface area contributed by atoms with Gasteiger partial charge in [0, 0.05) is 6.92 Å². The average molecular weight is 193 g/mol. The zero-order valence-corrected chi connectivity index (χ0v) is 7.82. The lowest BCUT2D eigenvalue weighted by atomic mass is 10.2. The van der Waals surface area contributed by atoms with Crippen molar-refractivity contribution in [3.63, 3.8) is 0 Å². The van der Waals surface area contributed by atoms with Gasteiger partial charge in [-0.1, -0.05) is 30.3 Å². The van der Waals surface area contributed by atoms with Crippen molar-refractivity contribution < 1.29 is 14.4 Å². The van der Waals surface area contributed by atoms with Gasteiger partial charge in [-0.05, 0) is 5.56 Å². The maximum absolute atomic E-state index is 11.1. The molecule has 0 bridgehead atoms. The number of amides is 1. The Hall–Kier alpha value is -1.84. The highest BCUT2D eigenvalue weighted by molar-refractivity contribution is 5.77. The minimum atomic E-state index is -0.480. The maximum Gasteiger partial charge on any atom is 0.336 e. The number of hydrogen-bond acceptors (Lipinski definition) is 3. The molecule has 0 aromatic heterocycles. The molecule has 1 rings (SSSR count). The molecule has 1 N–H and O–H groups in total. The van der Waals surface area contributed by atoms with Gasteiger partial charge in [0.25, 0.3) is 0 Å². The first-order valence-corrected chi connectivity index (χ1v) is 4.18. The molecule has 0 aliphatic heterocycles. The molecule has 4 heteroatoms. The van der Waals surface area contributed by atoms with E-state index >= 15 is 0 Å². The third kappa shape index (κ3) is 3.71. The van der Waals surface area contributed by atoms with Gasteiger partial charge >= 0.3 is 5.97 Å². The van der Waals surface area contributed by atoms with Gasteiger partial charge < -0.3 is 4.84 Å². The van der Waals surface area contributed by atoms with E-state index in [1.54, 1.807) is 0 Å². The summed E-state index contributed by atoms with van der Waals surface area (Å²) in [4.78, 5) is 26.0. The molecule has 0 radical (unpaired) electrons. The lowest BCUT2D eigenvalue weighted by Crippen LogP contribution is -2.25. The first kappa shape index (κ1) is 10.2. The Bertz CT molecular complexity index is 321. The van der Waals surface area contributed by atoms with E-state index < -0.39 is 11.9 Å². The van der Waals surface area contributed by atoms with E-state index in [0.717, 1.165) is 5.56 Å². The van der Waals surface area contributed by atoms with Crippen molar-refractivity contribution in [1.29, 1.82) is 0 Å². The van der Waals surface area contributed by atoms with Crippen LogP contribution in [0.15, 0.2) is 30.3 Å². The summed E-state index contributed by atoms with van der Waals surface area (Å²) in [5, 5.41) is 0. The second kappa shape index (κ2) is 5.01. The van der Waals surface area contributed by atoms with Crippen molar-refractivity contribution in [3.05, 3.63) is 35.9 Å². The molecule has 74 valence electrons. The molecular formula is C10H11NO3. The Morgan fingerprint density at radius 1 is 1.29 bits per heavy atom. The molecule has 0 aliphatic carbocycles. The quantitative estimate of drug-likeness (QED) is 0.707. The summed E-state index contributed by atoms with van der Waals surface area (Å²) in [6, 6.07) is 9.16. The van der Waals surface area contributed by atoms with Crippen LogP contribution in [-0.2, 0) is 20.8 Å². The van der Waals surface area contributed by atoms with Crippen LogP contribution in [0.3, 0.4) is 0 Å². The molecular weight excluding hydrogens is 182 g/mol. The molecule has 0 unspecified atom stereocenters. The van der Waals surface area contributed by atoms with Crippen LogP contribution in [0.4, 0.5) is 0 Å². The fraction of sp³-hybridized carbons (Fsp3) is 0.200. The molecule has 0 saturated carbocycles. The summed E-state index contributed by atoms with van der Waals surface area (Å²) in [6.45, 7) is 1.27. The second-order valence-electron chi connectivity index (χ2n) is 2.79. The van der Waals surface area contributed by atoms with Gasteiger partial charge in [-0.15, -0.1) is 0 Å². The minimum absolute atomic E-state index is 0.154. The minimum Gasteiger partial charge on any atom is -0.340 e. The number of nitrogens with one attached hydrogen (secondary N) is 1. The Morgan fingerprint density at radius 2 is 1.93 bits per heavy atom. The van der Waals surface area contributed by atoms with Gasteiger partial charge in [-0.2, -0.15) is 5.48 Å². The fourth-order valence-corrected chi connectivity index (χ4v) is 0.927. The van der Waals surface area contributed by atoms with Crippen LogP contribution in [0, 0.1) is 0 Å². The monoisotopic (exact) mass is 193 g/mol. The van der Waals surface area contributed by atoms with Gasteiger partial charge in [0.2, 0.25) is 5.91 Å². The van der Waals surface area contributed by atoms with Crippen LogP contribution in [0.1, 0.15) is 12.5 Å². The molecule has 0 aliphatic rings. The number of benzene rings is 1. The van der Waals surface area contributed by atoms with Crippen LogP contribution in [0.25, 0.3) is 0 Å². The summed E-state index contributed by atoms with van der Waals surface area (Å²) in [6.07, 6.45) is 0.154. The van der Waals surface area contributed by atoms with Crippen molar-refractivity contribution >= 4 is 11.9 Å². The Kier molecular flexibility index (Phi) is 3.67. The molecule has 1 aromatic carbocycles. The maximum atomic E-state index is 11.1. The molecule has 1 aromatic rings. The van der Waals surface area contributed by atoms with Gasteiger partial charge in [-0.3, -0.25) is 4.79 Å². The first-order valence-electron chi connectivity index (χ1n) is 4.18. The van der Waals surface area contributed by atoms with Gasteiger partial charge in [0.05, 0.1) is 6.42 Å². The molecule has 0 saturated heterocycles. The van der Waals surface area contributed by atoms with Crippen molar-refractivity contribution in [2.24, 2.45) is 0 Å². The highest BCUT2D eigenvalue weighted by Crippen LogP contribution is 1.99. The summed E-state index contributed by atoms with van der Waals surface area (Å²) >= 11 is 0. The van der Waals surface area contributed by atoms with E-state index in [4.69, 9.17) is 0 Å². The number of rotatable bonds is 2. The number of hydroxylamine groups is 1. The summed E-state index contributed by atoms with van der Waals surface area (Å²) < 4.78 is 0. The standard InChI is InChI=1S/C10H11NO3/c1-8(12)11-14-10(13)7-9-5-3-2-4-6-9/h2-6H,7H2,1H3,(H,11,12). The molecule has 1 amide bonds. The van der Waals surface area contributed by atoms with E-state index in [-0.39, 0.29) is 6.42 Å². The third-order valence-electron chi connectivity index (χ3n) is 1.50. The Balaban J connectivity index is 2.38. The van der Waals surface area contributed by atoms with Gasteiger partial charge in [0.1, 0.15) is 0 Å². The number of carbonyl (C=O) groups is 2. The molecule has 14 heavy (non-hydrogen) atoms. The zero-order valence-electron chi connectivity index (χ0n) is 7.82. The van der Waals surface area contributed by atoms with E-state index in [2.05, 4.69) is 4.84 Å². The smallest absolute Gasteiger partial charge is 0.336 e.